The largest absolute Gasteiger partial charge is 0.478 e. The van der Waals surface area contributed by atoms with Gasteiger partial charge in [0.15, 0.2) is 5.65 Å². The quantitative estimate of drug-likeness (QED) is 0.0941. The summed E-state index contributed by atoms with van der Waals surface area (Å²) in [7, 11) is 2.04. The lowest BCUT2D eigenvalue weighted by molar-refractivity contribution is 0.0327. The third-order valence-electron chi connectivity index (χ3n) is 9.03. The van der Waals surface area contributed by atoms with Crippen LogP contribution in [0.4, 0.5) is 5.95 Å². The molecule has 2 aromatic carbocycles. The van der Waals surface area contributed by atoms with Crippen molar-refractivity contribution >= 4 is 35.0 Å². The van der Waals surface area contributed by atoms with E-state index in [0.29, 0.717) is 37.5 Å². The lowest BCUT2D eigenvalue weighted by atomic mass is 10.00. The van der Waals surface area contributed by atoms with Gasteiger partial charge >= 0.3 is 5.97 Å². The number of ether oxygens (including phenoxy) is 2. The summed E-state index contributed by atoms with van der Waals surface area (Å²) in [6, 6.07) is 16.7. The first-order valence-electron chi connectivity index (χ1n) is 17.2. The monoisotopic (exact) mass is 695 g/mol. The topological polar surface area (TPSA) is 136 Å². The van der Waals surface area contributed by atoms with Crippen molar-refractivity contribution in [1.82, 2.24) is 29.8 Å². The van der Waals surface area contributed by atoms with Gasteiger partial charge in [-0.3, -0.25) is 9.71 Å². The molecular formula is C38H45N7O4S. The summed E-state index contributed by atoms with van der Waals surface area (Å²) in [6.07, 6.45) is 6.64. The molecule has 5 aromatic rings. The standard InChI is InChI=1S/C38H45N7O4S/c1-23(2)33-17-32-36(45(33)5)41-27(20-40-32)19-39-28(21-48-29-13-6-7-14-29)22-49-34-18-31(35-24(3)10-8-11-25(35)4)42-38(43-34)44-50-30-15-9-12-26(16-30)37(46)47/h8-12,15-18,20,23,28-29,39H,6-7,13-14,19,21-22H2,1-5H3,(H,46,47)(H,42,43,44). The first-order valence-corrected chi connectivity index (χ1v) is 18.0. The number of carboxylic acids is 1. The average molecular weight is 696 g/mol. The zero-order valence-electron chi connectivity index (χ0n) is 29.3. The molecule has 0 aliphatic heterocycles. The summed E-state index contributed by atoms with van der Waals surface area (Å²) in [5, 5.41) is 13.0. The molecule has 262 valence electrons. The molecule has 1 aliphatic carbocycles. The molecule has 3 N–H and O–H groups in total. The third kappa shape index (κ3) is 8.61. The number of carboxylic acid groups (broad SMARTS) is 1. The highest BCUT2D eigenvalue weighted by Crippen LogP contribution is 2.30. The number of rotatable bonds is 15. The van der Waals surface area contributed by atoms with E-state index in [1.807, 2.05) is 31.4 Å². The molecule has 1 saturated carbocycles. The van der Waals surface area contributed by atoms with E-state index < -0.39 is 5.97 Å². The van der Waals surface area contributed by atoms with Gasteiger partial charge in [0.1, 0.15) is 12.1 Å². The molecular weight excluding hydrogens is 651 g/mol. The Labute approximate surface area is 297 Å². The molecule has 50 heavy (non-hydrogen) atoms. The number of nitrogens with one attached hydrogen (secondary N) is 2. The molecule has 0 bridgehead atoms. The fourth-order valence-electron chi connectivity index (χ4n) is 6.37. The second-order valence-corrected chi connectivity index (χ2v) is 14.1. The van der Waals surface area contributed by atoms with E-state index in [1.165, 1.54) is 30.5 Å². The number of fused-ring (bicyclic) bond motifs is 1. The summed E-state index contributed by atoms with van der Waals surface area (Å²) < 4.78 is 18.1. The molecule has 0 amide bonds. The number of aryl methyl sites for hydroxylation is 3. The highest BCUT2D eigenvalue weighted by molar-refractivity contribution is 8.00. The Morgan fingerprint density at radius 2 is 1.78 bits per heavy atom. The maximum absolute atomic E-state index is 11.5. The minimum absolute atomic E-state index is 0.143. The van der Waals surface area contributed by atoms with Crippen molar-refractivity contribution in [2.24, 2.45) is 7.05 Å². The summed E-state index contributed by atoms with van der Waals surface area (Å²) >= 11 is 1.24. The van der Waals surface area contributed by atoms with Crippen LogP contribution in [-0.4, -0.2) is 60.9 Å². The van der Waals surface area contributed by atoms with Crippen molar-refractivity contribution in [2.45, 2.75) is 82.9 Å². The molecule has 3 heterocycles. The molecule has 0 radical (unpaired) electrons. The van der Waals surface area contributed by atoms with Crippen LogP contribution in [0.3, 0.4) is 0 Å². The minimum atomic E-state index is -0.982. The molecule has 0 saturated heterocycles. The smallest absolute Gasteiger partial charge is 0.335 e. The molecule has 1 atom stereocenters. The van der Waals surface area contributed by atoms with Crippen LogP contribution in [0, 0.1) is 13.8 Å². The first-order chi connectivity index (χ1) is 24.1. The van der Waals surface area contributed by atoms with Crippen LogP contribution in [0.1, 0.15) is 78.3 Å². The normalized spacial score (nSPS) is 14.0. The molecule has 11 nitrogen and oxygen atoms in total. The molecule has 6 rings (SSSR count). The first kappa shape index (κ1) is 35.3. The van der Waals surface area contributed by atoms with Gasteiger partial charge in [-0.25, -0.2) is 14.8 Å². The second-order valence-electron chi connectivity index (χ2n) is 13.2. The summed E-state index contributed by atoms with van der Waals surface area (Å²) in [6.45, 7) is 9.76. The van der Waals surface area contributed by atoms with Gasteiger partial charge in [0.05, 0.1) is 41.9 Å². The molecule has 12 heteroatoms. The van der Waals surface area contributed by atoms with Crippen molar-refractivity contribution in [1.29, 1.82) is 0 Å². The molecule has 1 aliphatic rings. The van der Waals surface area contributed by atoms with Crippen LogP contribution < -0.4 is 14.8 Å². The number of aromatic carboxylic acids is 1. The van der Waals surface area contributed by atoms with Gasteiger partial charge in [0.2, 0.25) is 11.8 Å². The summed E-state index contributed by atoms with van der Waals surface area (Å²) in [5.41, 5.74) is 7.93. The van der Waals surface area contributed by atoms with E-state index in [-0.39, 0.29) is 17.7 Å². The lowest BCUT2D eigenvalue weighted by Gasteiger charge is -2.22. The summed E-state index contributed by atoms with van der Waals surface area (Å²) in [5.74, 6) is 0.161. The Bertz CT molecular complexity index is 1940. The number of hydrogen-bond donors (Lipinski definition) is 3. The Kier molecular flexibility index (Phi) is 11.3. The zero-order valence-corrected chi connectivity index (χ0v) is 30.1. The number of aromatic nitrogens is 5. The number of nitrogens with zero attached hydrogens (tertiary/aromatic N) is 5. The van der Waals surface area contributed by atoms with E-state index in [4.69, 9.17) is 29.4 Å². The van der Waals surface area contributed by atoms with Gasteiger partial charge in [0, 0.05) is 35.8 Å². The average Bonchev–Trinajstić information content (AvgIpc) is 3.75. The van der Waals surface area contributed by atoms with Gasteiger partial charge in [-0.2, -0.15) is 4.98 Å². The van der Waals surface area contributed by atoms with Crippen molar-refractivity contribution in [3.05, 3.63) is 88.9 Å². The fraction of sp³-hybridized carbons (Fsp3) is 0.395. The van der Waals surface area contributed by atoms with E-state index in [2.05, 4.69) is 60.5 Å². The van der Waals surface area contributed by atoms with Crippen molar-refractivity contribution in [3.63, 3.8) is 0 Å². The molecule has 1 unspecified atom stereocenters. The van der Waals surface area contributed by atoms with Crippen LogP contribution in [0.5, 0.6) is 5.88 Å². The van der Waals surface area contributed by atoms with Crippen molar-refractivity contribution in [2.75, 3.05) is 17.9 Å². The highest BCUT2D eigenvalue weighted by atomic mass is 32.2. The van der Waals surface area contributed by atoms with Crippen molar-refractivity contribution in [3.8, 4) is 17.1 Å². The predicted octanol–water partition coefficient (Wildman–Crippen LogP) is 7.48. The number of hydrogen-bond acceptors (Lipinski definition) is 10. The fourth-order valence-corrected chi connectivity index (χ4v) is 7.00. The van der Waals surface area contributed by atoms with E-state index in [0.717, 1.165) is 57.0 Å². The van der Waals surface area contributed by atoms with Gasteiger partial charge in [-0.1, -0.05) is 51.0 Å². The van der Waals surface area contributed by atoms with E-state index >= 15 is 0 Å². The second kappa shape index (κ2) is 16.0. The Morgan fingerprint density at radius 1 is 1.02 bits per heavy atom. The number of carbonyl (C=O) groups is 1. The van der Waals surface area contributed by atoms with Crippen LogP contribution in [0.2, 0.25) is 0 Å². The van der Waals surface area contributed by atoms with Gasteiger partial charge in [0.25, 0.3) is 0 Å². The van der Waals surface area contributed by atoms with Gasteiger partial charge in [-0.15, -0.1) is 0 Å². The Balaban J connectivity index is 1.22. The SMILES string of the molecule is Cc1cccc(C)c1-c1cc(OCC(COC2CCCC2)NCc2cnc3cc(C(C)C)n(C)c3n2)nc(NSc2cccc(C(=O)O)c2)n1. The third-order valence-corrected chi connectivity index (χ3v) is 9.81. The molecule has 3 aromatic heterocycles. The van der Waals surface area contributed by atoms with E-state index in [9.17, 15) is 9.90 Å². The zero-order chi connectivity index (χ0) is 35.2. The highest BCUT2D eigenvalue weighted by Gasteiger charge is 2.20. The van der Waals surface area contributed by atoms with Crippen molar-refractivity contribution < 1.29 is 19.4 Å². The number of anilines is 1. The van der Waals surface area contributed by atoms with Crippen LogP contribution in [-0.2, 0) is 18.3 Å². The van der Waals surface area contributed by atoms with Crippen LogP contribution >= 0.6 is 11.9 Å². The van der Waals surface area contributed by atoms with Gasteiger partial charge < -0.3 is 24.5 Å². The number of benzene rings is 2. The predicted molar refractivity (Wildman–Crippen MR) is 197 cm³/mol. The molecule has 1 fully saturated rings. The van der Waals surface area contributed by atoms with Crippen LogP contribution in [0.25, 0.3) is 22.4 Å². The molecule has 0 spiro atoms. The van der Waals surface area contributed by atoms with Crippen LogP contribution in [0.15, 0.2) is 65.7 Å². The van der Waals surface area contributed by atoms with Gasteiger partial charge in [-0.05, 0) is 79.9 Å². The summed E-state index contributed by atoms with van der Waals surface area (Å²) in [4.78, 5) is 31.4. The Hall–Kier alpha value is -4.52. The minimum Gasteiger partial charge on any atom is -0.478 e. The van der Waals surface area contributed by atoms with E-state index in [1.54, 1.807) is 18.2 Å². The maximum atomic E-state index is 11.5. The lowest BCUT2D eigenvalue weighted by Crippen LogP contribution is -2.39. The Morgan fingerprint density at radius 3 is 2.52 bits per heavy atom. The maximum Gasteiger partial charge on any atom is 0.335 e.